The molecular weight excluding hydrogens is 295 g/mol. The number of amides is 1. The molecule has 2 rings (SSSR count). The summed E-state index contributed by atoms with van der Waals surface area (Å²) in [5.41, 5.74) is 1.07. The van der Waals surface area contributed by atoms with Gasteiger partial charge in [0.05, 0.1) is 11.4 Å². The van der Waals surface area contributed by atoms with E-state index in [4.69, 9.17) is 0 Å². The lowest BCUT2D eigenvalue weighted by molar-refractivity contribution is -0.117. The van der Waals surface area contributed by atoms with Crippen LogP contribution in [0.4, 0.5) is 15.3 Å². The Labute approximate surface area is 124 Å². The largest absolute Gasteiger partial charge is 0.379 e. The Kier molecular flexibility index (Phi) is 3.97. The fraction of sp³-hybridized carbons (Fsp3) is 0.500. The predicted molar refractivity (Wildman–Crippen MR) is 80.6 cm³/mol. The first-order valence-corrected chi connectivity index (χ1v) is 8.13. The first-order valence-electron chi connectivity index (χ1n) is 6.69. The molecule has 1 amide bonds. The van der Waals surface area contributed by atoms with Gasteiger partial charge in [-0.15, -0.1) is 3.89 Å². The zero-order valence-corrected chi connectivity index (χ0v) is 13.1. The second-order valence-corrected chi connectivity index (χ2v) is 7.82. The van der Waals surface area contributed by atoms with Crippen LogP contribution in [0, 0.1) is 0 Å². The number of benzene rings is 1. The second kappa shape index (κ2) is 5.29. The highest BCUT2D eigenvalue weighted by Crippen LogP contribution is 2.32. The molecular formula is C14H19FN2O3S. The van der Waals surface area contributed by atoms with Crippen LogP contribution in [0.1, 0.15) is 27.2 Å². The number of anilines is 2. The van der Waals surface area contributed by atoms with Gasteiger partial charge in [0.25, 0.3) is 0 Å². The van der Waals surface area contributed by atoms with E-state index < -0.39 is 15.5 Å². The lowest BCUT2D eigenvalue weighted by Crippen LogP contribution is -2.31. The van der Waals surface area contributed by atoms with Gasteiger partial charge in [-0.3, -0.25) is 4.79 Å². The van der Waals surface area contributed by atoms with Gasteiger partial charge in [0.2, 0.25) is 5.91 Å². The minimum Gasteiger partial charge on any atom is -0.379 e. The quantitative estimate of drug-likeness (QED) is 0.869. The number of hydrogen-bond acceptors (Lipinski definition) is 4. The fourth-order valence-corrected chi connectivity index (χ4v) is 2.98. The molecule has 0 aliphatic carbocycles. The van der Waals surface area contributed by atoms with E-state index in [1.54, 1.807) is 12.1 Å². The van der Waals surface area contributed by atoms with Crippen molar-refractivity contribution in [1.29, 1.82) is 0 Å². The van der Waals surface area contributed by atoms with Crippen LogP contribution in [0.25, 0.3) is 0 Å². The molecule has 7 heteroatoms. The molecule has 1 aliphatic heterocycles. The summed E-state index contributed by atoms with van der Waals surface area (Å²) in [6.07, 6.45) is -0.317. The first kappa shape index (κ1) is 15.8. The number of carbonyl (C=O) groups is 1. The Morgan fingerprint density at radius 3 is 2.43 bits per heavy atom. The third-order valence-electron chi connectivity index (χ3n) is 3.19. The zero-order chi connectivity index (χ0) is 15.8. The maximum absolute atomic E-state index is 13.1. The molecule has 0 saturated carbocycles. The highest BCUT2D eigenvalue weighted by Gasteiger charge is 2.39. The van der Waals surface area contributed by atoms with E-state index in [2.05, 4.69) is 5.32 Å². The van der Waals surface area contributed by atoms with Crippen molar-refractivity contribution in [2.24, 2.45) is 0 Å². The highest BCUT2D eigenvalue weighted by atomic mass is 32.3. The van der Waals surface area contributed by atoms with Crippen molar-refractivity contribution < 1.29 is 17.1 Å². The van der Waals surface area contributed by atoms with Gasteiger partial charge in [0.1, 0.15) is 5.25 Å². The van der Waals surface area contributed by atoms with E-state index in [1.807, 2.05) is 32.9 Å². The van der Waals surface area contributed by atoms with Crippen molar-refractivity contribution in [3.8, 4) is 0 Å². The molecule has 0 spiro atoms. The van der Waals surface area contributed by atoms with E-state index in [-0.39, 0.29) is 24.4 Å². The standard InChI is InChI=1S/C14H19FN2O3S/c1-14(2,3)16-11-6-4-5-7-12(11)17-9-10(8-13(17)18)21(15,19)20/h4-7,10,16H,8-9H2,1-3H3. The molecule has 5 nitrogen and oxygen atoms in total. The van der Waals surface area contributed by atoms with E-state index >= 15 is 0 Å². The van der Waals surface area contributed by atoms with E-state index in [0.717, 1.165) is 5.69 Å². The molecule has 116 valence electrons. The van der Waals surface area contributed by atoms with Crippen LogP contribution in [-0.2, 0) is 15.0 Å². The number of rotatable bonds is 3. The second-order valence-electron chi connectivity index (χ2n) is 6.20. The Bertz CT molecular complexity index is 652. The fourth-order valence-electron chi connectivity index (χ4n) is 2.31. The summed E-state index contributed by atoms with van der Waals surface area (Å²) < 4.78 is 35.1. The summed E-state index contributed by atoms with van der Waals surface area (Å²) >= 11 is 0. The molecule has 1 aromatic carbocycles. The van der Waals surface area contributed by atoms with Gasteiger partial charge < -0.3 is 10.2 Å². The Balaban J connectivity index is 2.33. The smallest absolute Gasteiger partial charge is 0.307 e. The van der Waals surface area contributed by atoms with E-state index in [9.17, 15) is 17.1 Å². The van der Waals surface area contributed by atoms with Gasteiger partial charge in [0, 0.05) is 18.5 Å². The summed E-state index contributed by atoms with van der Waals surface area (Å²) in [5.74, 6) is -0.385. The minimum atomic E-state index is -4.71. The van der Waals surface area contributed by atoms with E-state index in [1.165, 1.54) is 4.90 Å². The van der Waals surface area contributed by atoms with Crippen LogP contribution in [0.2, 0.25) is 0 Å². The average Bonchev–Trinajstić information content (AvgIpc) is 2.70. The number of halogens is 1. The van der Waals surface area contributed by atoms with Gasteiger partial charge in [-0.1, -0.05) is 12.1 Å². The maximum Gasteiger partial charge on any atom is 0.307 e. The van der Waals surface area contributed by atoms with Crippen LogP contribution in [0.5, 0.6) is 0 Å². The van der Waals surface area contributed by atoms with Crippen LogP contribution in [0.15, 0.2) is 24.3 Å². The van der Waals surface area contributed by atoms with Crippen molar-refractivity contribution in [3.05, 3.63) is 24.3 Å². The first-order chi connectivity index (χ1) is 9.58. The molecule has 1 heterocycles. The summed E-state index contributed by atoms with van der Waals surface area (Å²) in [6.45, 7) is 5.78. The number of para-hydroxylation sites is 2. The normalized spacial score (nSPS) is 19.9. The number of nitrogens with one attached hydrogen (secondary N) is 1. The van der Waals surface area contributed by atoms with Crippen molar-refractivity contribution >= 4 is 27.5 Å². The molecule has 1 N–H and O–H groups in total. The Hall–Kier alpha value is -1.63. The Morgan fingerprint density at radius 1 is 1.29 bits per heavy atom. The molecule has 0 radical (unpaired) electrons. The highest BCUT2D eigenvalue weighted by molar-refractivity contribution is 7.87. The monoisotopic (exact) mass is 314 g/mol. The number of nitrogens with zero attached hydrogens (tertiary/aromatic N) is 1. The summed E-state index contributed by atoms with van der Waals surface area (Å²) in [4.78, 5) is 13.3. The van der Waals surface area contributed by atoms with Crippen LogP contribution < -0.4 is 10.2 Å². The Morgan fingerprint density at radius 2 is 1.90 bits per heavy atom. The van der Waals surface area contributed by atoms with Crippen molar-refractivity contribution in [2.45, 2.75) is 38.0 Å². The maximum atomic E-state index is 13.1. The third-order valence-corrected chi connectivity index (χ3v) is 4.30. The molecule has 1 aromatic rings. The van der Waals surface area contributed by atoms with Crippen molar-refractivity contribution in [3.63, 3.8) is 0 Å². The van der Waals surface area contributed by atoms with Crippen molar-refractivity contribution in [2.75, 3.05) is 16.8 Å². The predicted octanol–water partition coefficient (Wildman–Crippen LogP) is 2.30. The lowest BCUT2D eigenvalue weighted by Gasteiger charge is -2.27. The molecule has 1 aliphatic rings. The summed E-state index contributed by atoms with van der Waals surface area (Å²) in [7, 11) is -4.71. The topological polar surface area (TPSA) is 66.5 Å². The number of carbonyl (C=O) groups excluding carboxylic acids is 1. The molecule has 21 heavy (non-hydrogen) atoms. The average molecular weight is 314 g/mol. The van der Waals surface area contributed by atoms with Crippen molar-refractivity contribution in [1.82, 2.24) is 0 Å². The summed E-state index contributed by atoms with van der Waals surface area (Å²) in [5, 5.41) is 1.98. The molecule has 1 saturated heterocycles. The van der Waals surface area contributed by atoms with Gasteiger partial charge >= 0.3 is 10.2 Å². The lowest BCUT2D eigenvalue weighted by atomic mass is 10.1. The zero-order valence-electron chi connectivity index (χ0n) is 12.3. The molecule has 1 unspecified atom stereocenters. The van der Waals surface area contributed by atoms with Gasteiger partial charge in [-0.2, -0.15) is 8.42 Å². The van der Waals surface area contributed by atoms with Crippen LogP contribution >= 0.6 is 0 Å². The molecule has 0 aromatic heterocycles. The number of hydrogen-bond donors (Lipinski definition) is 1. The minimum absolute atomic E-state index is 0.152. The molecule has 0 bridgehead atoms. The summed E-state index contributed by atoms with van der Waals surface area (Å²) in [6, 6.07) is 7.11. The van der Waals surface area contributed by atoms with Crippen LogP contribution in [-0.4, -0.2) is 31.7 Å². The molecule has 1 fully saturated rings. The van der Waals surface area contributed by atoms with Gasteiger partial charge in [0.15, 0.2) is 0 Å². The SMILES string of the molecule is CC(C)(C)Nc1ccccc1N1CC(S(=O)(=O)F)CC1=O. The third kappa shape index (κ3) is 3.72. The van der Waals surface area contributed by atoms with Gasteiger partial charge in [-0.25, -0.2) is 0 Å². The van der Waals surface area contributed by atoms with Crippen LogP contribution in [0.3, 0.4) is 0 Å². The van der Waals surface area contributed by atoms with E-state index in [0.29, 0.717) is 5.69 Å². The molecule has 1 atom stereocenters. The van der Waals surface area contributed by atoms with Gasteiger partial charge in [-0.05, 0) is 32.9 Å².